The van der Waals surface area contributed by atoms with Crippen LogP contribution in [0.15, 0.2) is 0 Å². The number of rotatable bonds is 5. The largest absolute Gasteiger partial charge is 0.480 e. The van der Waals surface area contributed by atoms with Crippen molar-refractivity contribution in [2.75, 3.05) is 6.26 Å². The number of carboxylic acid groups (broad SMARTS) is 1. The first-order chi connectivity index (χ1) is 6.51. The van der Waals surface area contributed by atoms with E-state index in [1.165, 1.54) is 6.26 Å². The number of nitrogens with two attached hydrogens (primary N) is 1. The van der Waals surface area contributed by atoms with E-state index in [0.29, 0.717) is 0 Å². The second-order valence-electron chi connectivity index (χ2n) is 2.93. The third-order valence-electron chi connectivity index (χ3n) is 1.28. The molecule has 0 aromatic rings. The lowest BCUT2D eigenvalue weighted by atomic mass is 10.2. The van der Waals surface area contributed by atoms with Gasteiger partial charge in [-0.2, -0.15) is 0 Å². The zero-order valence-corrected chi connectivity index (χ0v) is 9.57. The number of hydrogen-bond donors (Lipinski definition) is 5. The molecule has 0 rings (SSSR count). The Balaban J connectivity index is 4.66. The Morgan fingerprint density at radius 1 is 1.67 bits per heavy atom. The van der Waals surface area contributed by atoms with Crippen molar-refractivity contribution in [1.29, 1.82) is 0 Å². The van der Waals surface area contributed by atoms with Gasteiger partial charge in [-0.3, -0.25) is 14.1 Å². The van der Waals surface area contributed by atoms with Crippen LogP contribution in [0.4, 0.5) is 0 Å². The summed E-state index contributed by atoms with van der Waals surface area (Å²) in [6.07, 6.45) is 0.843. The van der Waals surface area contributed by atoms with E-state index in [4.69, 9.17) is 20.0 Å². The maximum Gasteiger partial charge on any atom is 0.401 e. The van der Waals surface area contributed by atoms with Crippen molar-refractivity contribution in [2.24, 2.45) is 5.14 Å². The Morgan fingerprint density at radius 2 is 2.13 bits per heavy atom. The molecule has 0 saturated heterocycles. The summed E-state index contributed by atoms with van der Waals surface area (Å²) in [5.41, 5.74) is 0. The Hall–Kier alpha value is -0.440. The maximum absolute atomic E-state index is 11.0. The van der Waals surface area contributed by atoms with E-state index < -0.39 is 29.5 Å². The van der Waals surface area contributed by atoms with Crippen LogP contribution in [-0.4, -0.2) is 42.7 Å². The fourth-order valence-electron chi connectivity index (χ4n) is 0.699. The maximum atomic E-state index is 11.0. The van der Waals surface area contributed by atoms with Crippen LogP contribution in [0, 0.1) is 0 Å². The number of carboxylic acids is 1. The molecule has 6 N–H and O–H groups in total. The highest BCUT2D eigenvalue weighted by molar-refractivity contribution is 7.98. The minimum absolute atomic E-state index is 0.341. The summed E-state index contributed by atoms with van der Waals surface area (Å²) in [5.74, 6) is -1.46. The lowest BCUT2D eigenvalue weighted by Crippen LogP contribution is -2.35. The lowest BCUT2D eigenvalue weighted by molar-refractivity contribution is -0.138. The molecule has 0 aromatic carbocycles. The molecule has 0 aromatic heterocycles. The van der Waals surface area contributed by atoms with Crippen LogP contribution >= 0.6 is 7.75 Å². The minimum Gasteiger partial charge on any atom is -0.480 e. The first-order valence-corrected chi connectivity index (χ1v) is 7.38. The van der Waals surface area contributed by atoms with Crippen LogP contribution in [0.3, 0.4) is 0 Å². The van der Waals surface area contributed by atoms with Gasteiger partial charge in [-0.05, 0) is 5.37 Å². The Bertz CT molecular complexity index is 386. The van der Waals surface area contributed by atoms with Gasteiger partial charge in [0.25, 0.3) is 0 Å². The standard InChI is InChI=1S/C5H13N2O6PS/c1-15(6,13)3-2-4(5(8)9)7-14(10,11)12/h3-4H,2H2,1H3,(H2,6,13)(H,8,9)(H3,7,10,11,12)/t4-,15?/m0/s1. The second-order valence-corrected chi connectivity index (χ2v) is 6.55. The molecule has 0 aliphatic heterocycles. The molecule has 0 bridgehead atoms. The van der Waals surface area contributed by atoms with Gasteiger partial charge in [0.2, 0.25) is 0 Å². The normalized spacial score (nSPS) is 17.9. The Kier molecular flexibility index (Phi) is 4.91. The van der Waals surface area contributed by atoms with E-state index in [1.807, 2.05) is 0 Å². The van der Waals surface area contributed by atoms with E-state index in [2.05, 4.69) is 0 Å². The van der Waals surface area contributed by atoms with Crippen molar-refractivity contribution < 1.29 is 28.5 Å². The van der Waals surface area contributed by atoms with Crippen LogP contribution in [0.25, 0.3) is 0 Å². The molecule has 1 unspecified atom stereocenters. The molecule has 0 aliphatic carbocycles. The molecule has 0 aliphatic rings. The van der Waals surface area contributed by atoms with Gasteiger partial charge in [0.1, 0.15) is 6.04 Å². The van der Waals surface area contributed by atoms with Gasteiger partial charge in [-0.15, -0.1) is 0 Å². The van der Waals surface area contributed by atoms with Crippen molar-refractivity contribution in [1.82, 2.24) is 5.09 Å². The van der Waals surface area contributed by atoms with Crippen LogP contribution in [0.5, 0.6) is 0 Å². The fraction of sp³-hybridized carbons (Fsp3) is 0.600. The highest BCUT2D eigenvalue weighted by Crippen LogP contribution is 2.29. The Labute approximate surface area is 86.8 Å². The first kappa shape index (κ1) is 14.6. The van der Waals surface area contributed by atoms with Crippen LogP contribution in [0.2, 0.25) is 0 Å². The van der Waals surface area contributed by atoms with Crippen LogP contribution < -0.4 is 10.2 Å². The summed E-state index contributed by atoms with van der Waals surface area (Å²) in [6, 6.07) is -1.52. The molecule has 0 saturated carbocycles. The molecule has 0 amide bonds. The quantitative estimate of drug-likeness (QED) is 0.286. The second kappa shape index (κ2) is 5.06. The molecule has 15 heavy (non-hydrogen) atoms. The van der Waals surface area contributed by atoms with Gasteiger partial charge in [-0.25, -0.2) is 9.65 Å². The molecule has 0 fully saturated rings. The molecule has 90 valence electrons. The molecule has 0 spiro atoms. The highest BCUT2D eigenvalue weighted by atomic mass is 32.2. The van der Waals surface area contributed by atoms with Gasteiger partial charge in [0.15, 0.2) is 0 Å². The fourth-order valence-corrected chi connectivity index (χ4v) is 1.90. The third kappa shape index (κ3) is 8.55. The van der Waals surface area contributed by atoms with Gasteiger partial charge in [0.05, 0.1) is 0 Å². The molecule has 0 radical (unpaired) electrons. The van der Waals surface area contributed by atoms with Gasteiger partial charge < -0.3 is 14.9 Å². The monoisotopic (exact) mass is 260 g/mol. The first-order valence-electron chi connectivity index (χ1n) is 3.67. The highest BCUT2D eigenvalue weighted by Gasteiger charge is 2.24. The lowest BCUT2D eigenvalue weighted by Gasteiger charge is -2.13. The summed E-state index contributed by atoms with van der Waals surface area (Å²) < 4.78 is 21.5. The van der Waals surface area contributed by atoms with Gasteiger partial charge in [0, 0.05) is 22.4 Å². The molecular formula is C5H13N2O6PS. The summed E-state index contributed by atoms with van der Waals surface area (Å²) in [6.45, 7) is 0. The zero-order chi connectivity index (χ0) is 12.3. The van der Waals surface area contributed by atoms with Crippen molar-refractivity contribution in [3.8, 4) is 0 Å². The molecule has 8 nitrogen and oxygen atoms in total. The number of carbonyl (C=O) groups is 1. The third-order valence-corrected chi connectivity index (χ3v) is 2.79. The summed E-state index contributed by atoms with van der Waals surface area (Å²) in [7, 11) is -7.38. The van der Waals surface area contributed by atoms with E-state index in [-0.39, 0.29) is 6.42 Å². The topological polar surface area (TPSA) is 150 Å². The molecule has 2 atom stereocenters. The van der Waals surface area contributed by atoms with E-state index in [1.54, 1.807) is 5.09 Å². The SMILES string of the molecule is CS(N)(=O)=CC[C@H](NP(=O)(O)O)C(=O)O. The predicted octanol–water partition coefficient (Wildman–Crippen LogP) is -1.90. The van der Waals surface area contributed by atoms with Gasteiger partial charge >= 0.3 is 13.7 Å². The van der Waals surface area contributed by atoms with Crippen molar-refractivity contribution in [3.05, 3.63) is 0 Å². The van der Waals surface area contributed by atoms with E-state index in [9.17, 15) is 13.6 Å². The number of nitrogens with one attached hydrogen (secondary N) is 1. The van der Waals surface area contributed by atoms with Crippen LogP contribution in [0.1, 0.15) is 6.42 Å². The molecular weight excluding hydrogens is 247 g/mol. The summed E-state index contributed by atoms with van der Waals surface area (Å²) in [4.78, 5) is 27.5. The van der Waals surface area contributed by atoms with Crippen molar-refractivity contribution in [2.45, 2.75) is 12.5 Å². The van der Waals surface area contributed by atoms with Crippen molar-refractivity contribution in [3.63, 3.8) is 0 Å². The minimum atomic E-state index is -4.64. The van der Waals surface area contributed by atoms with Crippen LogP contribution in [-0.2, 0) is 19.1 Å². The predicted molar refractivity (Wildman–Crippen MR) is 55.5 cm³/mol. The van der Waals surface area contributed by atoms with Crippen molar-refractivity contribution >= 4 is 28.8 Å². The average molecular weight is 260 g/mol. The van der Waals surface area contributed by atoms with E-state index >= 15 is 0 Å². The van der Waals surface area contributed by atoms with Gasteiger partial charge in [-0.1, -0.05) is 0 Å². The molecule has 0 heterocycles. The smallest absolute Gasteiger partial charge is 0.401 e. The summed E-state index contributed by atoms with van der Waals surface area (Å²) >= 11 is 0. The average Bonchev–Trinajstić information content (AvgIpc) is 1.93. The summed E-state index contributed by atoms with van der Waals surface area (Å²) in [5, 5.41) is 16.3. The number of hydrogen-bond acceptors (Lipinski definition) is 3. The Morgan fingerprint density at radius 3 is 2.40 bits per heavy atom. The van der Waals surface area contributed by atoms with E-state index in [0.717, 1.165) is 5.37 Å². The zero-order valence-electron chi connectivity index (χ0n) is 7.86. The molecule has 10 heteroatoms. The number of aliphatic carboxylic acids is 1.